The molecule has 0 saturated heterocycles. The molecule has 2 aromatic carbocycles. The number of nitrogens with zero attached hydrogens (tertiary/aromatic N) is 3. The molecule has 0 amide bonds. The topological polar surface area (TPSA) is 39.9 Å². The van der Waals surface area contributed by atoms with Crippen LogP contribution >= 0.6 is 0 Å². The van der Waals surface area contributed by atoms with Crippen molar-refractivity contribution in [2.45, 2.75) is 0 Å². The van der Waals surface area contributed by atoms with Gasteiger partial charge in [-0.15, -0.1) is 0 Å². The van der Waals surface area contributed by atoms with Crippen molar-refractivity contribution in [2.75, 3.05) is 0 Å². The molecule has 114 valence electrons. The SMILES string of the molecule is Fc1ccc(-c2nc3cccnc3n2-c2ccccc2)c([O][Al])c1. The summed E-state index contributed by atoms with van der Waals surface area (Å²) in [6, 6.07) is 17.9. The molecule has 24 heavy (non-hydrogen) atoms. The molecule has 0 saturated carbocycles. The number of halogens is 1. The van der Waals surface area contributed by atoms with E-state index in [9.17, 15) is 4.39 Å². The van der Waals surface area contributed by atoms with Gasteiger partial charge in [0, 0.05) is 18.0 Å². The fraction of sp³-hybridized carbons (Fsp3) is 0. The van der Waals surface area contributed by atoms with Gasteiger partial charge in [-0.1, -0.05) is 18.2 Å². The molecule has 4 nitrogen and oxygen atoms in total. The molecule has 0 atom stereocenters. The van der Waals surface area contributed by atoms with Crippen LogP contribution in [0.2, 0.25) is 0 Å². The molecule has 2 heterocycles. The van der Waals surface area contributed by atoms with E-state index >= 15 is 0 Å². The molecule has 2 aromatic heterocycles. The lowest BCUT2D eigenvalue weighted by Crippen LogP contribution is -2.00. The van der Waals surface area contributed by atoms with E-state index in [0.29, 0.717) is 17.1 Å². The second-order valence-electron chi connectivity index (χ2n) is 5.21. The van der Waals surface area contributed by atoms with Crippen LogP contribution in [-0.2, 0) is 0 Å². The zero-order valence-electron chi connectivity index (χ0n) is 12.6. The van der Waals surface area contributed by atoms with Crippen LogP contribution in [0, 0.1) is 5.82 Å². The predicted molar refractivity (Wildman–Crippen MR) is 90.6 cm³/mol. The minimum Gasteiger partial charge on any atom is -0.653 e. The summed E-state index contributed by atoms with van der Waals surface area (Å²) in [4.78, 5) is 9.14. The fourth-order valence-electron chi connectivity index (χ4n) is 2.69. The Bertz CT molecular complexity index is 1020. The first kappa shape index (κ1) is 14.9. The van der Waals surface area contributed by atoms with Gasteiger partial charge in [0.25, 0.3) is 0 Å². The predicted octanol–water partition coefficient (Wildman–Crippen LogP) is 3.69. The van der Waals surface area contributed by atoms with Gasteiger partial charge in [-0.3, -0.25) is 4.57 Å². The summed E-state index contributed by atoms with van der Waals surface area (Å²) in [5.74, 6) is 0.677. The third-order valence-electron chi connectivity index (χ3n) is 3.74. The first-order valence-electron chi connectivity index (χ1n) is 7.33. The Hall–Kier alpha value is -2.68. The van der Waals surface area contributed by atoms with Crippen molar-refractivity contribution in [1.82, 2.24) is 14.5 Å². The van der Waals surface area contributed by atoms with Crippen LogP contribution < -0.4 is 3.79 Å². The van der Waals surface area contributed by atoms with E-state index in [-0.39, 0.29) is 5.82 Å². The molecule has 0 aliphatic carbocycles. The number of fused-ring (bicyclic) bond motifs is 1. The number of rotatable bonds is 3. The fourth-order valence-corrected chi connectivity index (χ4v) is 2.89. The lowest BCUT2D eigenvalue weighted by Gasteiger charge is -2.13. The average Bonchev–Trinajstić information content (AvgIpc) is 3.01. The van der Waals surface area contributed by atoms with Gasteiger partial charge in [-0.2, -0.15) is 0 Å². The van der Waals surface area contributed by atoms with Crippen LogP contribution in [0.3, 0.4) is 0 Å². The van der Waals surface area contributed by atoms with Crippen LogP contribution in [0.4, 0.5) is 4.39 Å². The molecule has 0 aliphatic rings. The van der Waals surface area contributed by atoms with Gasteiger partial charge >= 0.3 is 16.6 Å². The van der Waals surface area contributed by atoms with Crippen molar-refractivity contribution in [3.63, 3.8) is 0 Å². The Morgan fingerprint density at radius 1 is 1.00 bits per heavy atom. The van der Waals surface area contributed by atoms with Gasteiger partial charge < -0.3 is 3.79 Å². The molecule has 6 heteroatoms. The monoisotopic (exact) mass is 331 g/mol. The summed E-state index contributed by atoms with van der Waals surface area (Å²) in [5.41, 5.74) is 3.11. The van der Waals surface area contributed by atoms with Crippen LogP contribution in [0.25, 0.3) is 28.2 Å². The maximum atomic E-state index is 13.5. The van der Waals surface area contributed by atoms with Crippen molar-refractivity contribution in [3.8, 4) is 22.8 Å². The molecule has 0 fully saturated rings. The highest BCUT2D eigenvalue weighted by Gasteiger charge is 2.18. The number of para-hydroxylation sites is 1. The van der Waals surface area contributed by atoms with Gasteiger partial charge in [0.05, 0.1) is 11.3 Å². The maximum absolute atomic E-state index is 13.5. The minimum absolute atomic E-state index is 0.364. The van der Waals surface area contributed by atoms with E-state index in [0.717, 1.165) is 16.9 Å². The summed E-state index contributed by atoms with van der Waals surface area (Å²) in [6.07, 6.45) is 1.73. The summed E-state index contributed by atoms with van der Waals surface area (Å²) >= 11 is 2.15. The smallest absolute Gasteiger partial charge is 0.482 e. The van der Waals surface area contributed by atoms with Gasteiger partial charge in [-0.25, -0.2) is 14.4 Å². The van der Waals surface area contributed by atoms with E-state index in [2.05, 4.69) is 26.6 Å². The van der Waals surface area contributed by atoms with Crippen molar-refractivity contribution >= 4 is 27.8 Å². The van der Waals surface area contributed by atoms with Crippen LogP contribution in [-0.4, -0.2) is 31.2 Å². The average molecular weight is 331 g/mol. The molecule has 0 unspecified atom stereocenters. The number of hydrogen-bond donors (Lipinski definition) is 0. The highest BCUT2D eigenvalue weighted by molar-refractivity contribution is 6.00. The molecule has 0 aliphatic heterocycles. The third-order valence-corrected chi connectivity index (χ3v) is 4.00. The van der Waals surface area contributed by atoms with Crippen molar-refractivity contribution < 1.29 is 8.18 Å². The van der Waals surface area contributed by atoms with Crippen molar-refractivity contribution in [2.24, 2.45) is 0 Å². The van der Waals surface area contributed by atoms with Gasteiger partial charge in [0.1, 0.15) is 11.3 Å². The van der Waals surface area contributed by atoms with Gasteiger partial charge in [-0.05, 0) is 36.4 Å². The standard InChI is InChI=1S/C18H12FN3O.Al/c19-12-8-9-14(16(23)11-12)17-21-15-7-4-10-20-18(15)22(17)13-5-2-1-3-6-13;/h1-11,23H;/q;+1/p-1. The largest absolute Gasteiger partial charge is 0.653 e. The Kier molecular flexibility index (Phi) is 3.77. The highest BCUT2D eigenvalue weighted by Crippen LogP contribution is 2.33. The van der Waals surface area contributed by atoms with E-state index in [1.54, 1.807) is 12.3 Å². The van der Waals surface area contributed by atoms with E-state index < -0.39 is 0 Å². The zero-order valence-corrected chi connectivity index (χ0v) is 13.7. The van der Waals surface area contributed by atoms with Crippen LogP contribution in [0.5, 0.6) is 5.75 Å². The second-order valence-corrected chi connectivity index (χ2v) is 5.45. The number of aromatic nitrogens is 3. The molecular weight excluding hydrogens is 320 g/mol. The Balaban J connectivity index is 2.06. The second kappa shape index (κ2) is 6.08. The number of pyridine rings is 1. The lowest BCUT2D eigenvalue weighted by atomic mass is 10.1. The first-order valence-corrected chi connectivity index (χ1v) is 7.80. The first-order chi connectivity index (χ1) is 11.8. The molecule has 4 aromatic rings. The Morgan fingerprint density at radius 3 is 2.62 bits per heavy atom. The molecule has 0 N–H and O–H groups in total. The van der Waals surface area contributed by atoms with Gasteiger partial charge in [0.15, 0.2) is 11.5 Å². The molecular formula is C18H11AlFN3O. The quantitative estimate of drug-likeness (QED) is 0.538. The number of hydrogen-bond acceptors (Lipinski definition) is 3. The summed E-state index contributed by atoms with van der Waals surface area (Å²) in [7, 11) is 0. The number of benzene rings is 2. The van der Waals surface area contributed by atoms with Gasteiger partial charge in [0.2, 0.25) is 0 Å². The summed E-state index contributed by atoms with van der Waals surface area (Å²) in [6.45, 7) is 0. The van der Waals surface area contributed by atoms with E-state index in [1.165, 1.54) is 12.1 Å². The van der Waals surface area contributed by atoms with E-state index in [1.807, 2.05) is 47.0 Å². The Morgan fingerprint density at radius 2 is 1.83 bits per heavy atom. The van der Waals surface area contributed by atoms with Crippen molar-refractivity contribution in [1.29, 1.82) is 0 Å². The minimum atomic E-state index is -0.364. The summed E-state index contributed by atoms with van der Waals surface area (Å²) < 4.78 is 20.8. The van der Waals surface area contributed by atoms with E-state index in [4.69, 9.17) is 3.79 Å². The maximum Gasteiger partial charge on any atom is 0.482 e. The molecule has 2 radical (unpaired) electrons. The lowest BCUT2D eigenvalue weighted by molar-refractivity contribution is 0.587. The normalized spacial score (nSPS) is 10.9. The summed E-state index contributed by atoms with van der Waals surface area (Å²) in [5, 5.41) is 0. The van der Waals surface area contributed by atoms with Crippen LogP contribution in [0.15, 0.2) is 66.9 Å². The van der Waals surface area contributed by atoms with Crippen molar-refractivity contribution in [3.05, 3.63) is 72.7 Å². The number of imidazole rings is 1. The molecule has 0 bridgehead atoms. The third kappa shape index (κ3) is 2.46. The molecule has 0 spiro atoms. The highest BCUT2D eigenvalue weighted by atomic mass is 27.1. The van der Waals surface area contributed by atoms with Crippen LogP contribution in [0.1, 0.15) is 0 Å². The zero-order chi connectivity index (χ0) is 16.5. The molecule has 4 rings (SSSR count). The Labute approximate surface area is 146 Å².